The van der Waals surface area contributed by atoms with E-state index in [4.69, 9.17) is 16.3 Å². The van der Waals surface area contributed by atoms with Gasteiger partial charge in [0.2, 0.25) is 0 Å². The molecule has 3 aromatic rings. The molecule has 2 aromatic carbocycles. The lowest BCUT2D eigenvalue weighted by atomic mass is 10.0. The molecule has 0 radical (unpaired) electrons. The summed E-state index contributed by atoms with van der Waals surface area (Å²) in [6, 6.07) is 13.3. The normalized spacial score (nSPS) is 12.2. The van der Waals surface area contributed by atoms with Crippen LogP contribution in [-0.2, 0) is 20.9 Å². The van der Waals surface area contributed by atoms with Gasteiger partial charge in [-0.1, -0.05) is 43.6 Å². The van der Waals surface area contributed by atoms with E-state index >= 15 is 0 Å². The number of nitrogens with zero attached hydrogens (tertiary/aromatic N) is 2. The molecular formula is C26H29ClN4O4. The van der Waals surface area contributed by atoms with Crippen LogP contribution >= 0.6 is 11.6 Å². The average Bonchev–Trinajstić information content (AvgIpc) is 3.08. The van der Waals surface area contributed by atoms with Gasteiger partial charge in [-0.15, -0.1) is 0 Å². The minimum atomic E-state index is -0.790. The van der Waals surface area contributed by atoms with E-state index in [0.717, 1.165) is 22.2 Å². The van der Waals surface area contributed by atoms with Gasteiger partial charge in [0.1, 0.15) is 12.6 Å². The molecule has 0 aliphatic carbocycles. The molecule has 35 heavy (non-hydrogen) atoms. The fraction of sp³-hybridized carbons (Fsp3) is 0.308. The predicted molar refractivity (Wildman–Crippen MR) is 137 cm³/mol. The minimum Gasteiger partial charge on any atom is -0.465 e. The number of para-hydroxylation sites is 1. The number of fused-ring (bicyclic) bond motifs is 1. The molecule has 1 atom stereocenters. The Balaban J connectivity index is 1.77. The van der Waals surface area contributed by atoms with Crippen LogP contribution in [0.4, 0.5) is 0 Å². The maximum atomic E-state index is 12.8. The van der Waals surface area contributed by atoms with Crippen molar-refractivity contribution >= 4 is 46.5 Å². The molecule has 0 saturated heterocycles. The third kappa shape index (κ3) is 6.27. The van der Waals surface area contributed by atoms with E-state index in [1.54, 1.807) is 37.4 Å². The van der Waals surface area contributed by atoms with Crippen molar-refractivity contribution in [2.45, 2.75) is 40.3 Å². The van der Waals surface area contributed by atoms with Crippen LogP contribution < -0.4 is 10.7 Å². The lowest BCUT2D eigenvalue weighted by Crippen LogP contribution is -2.48. The third-order valence-electron chi connectivity index (χ3n) is 5.58. The number of rotatable bonds is 9. The SMILES string of the molecule is CCOC(=O)Cn1c(C)c(/C=N\NC(=O)C(NC(=O)c2ccc(Cl)cc2)C(C)C)c2ccccc21. The summed E-state index contributed by atoms with van der Waals surface area (Å²) >= 11 is 5.88. The smallest absolute Gasteiger partial charge is 0.325 e. The van der Waals surface area contributed by atoms with Crippen LogP contribution in [0.3, 0.4) is 0 Å². The number of halogens is 1. The Hall–Kier alpha value is -3.65. The first-order chi connectivity index (χ1) is 16.7. The zero-order chi connectivity index (χ0) is 25.5. The van der Waals surface area contributed by atoms with Gasteiger partial charge < -0.3 is 14.6 Å². The van der Waals surface area contributed by atoms with Crippen molar-refractivity contribution in [3.8, 4) is 0 Å². The number of benzene rings is 2. The van der Waals surface area contributed by atoms with Crippen LogP contribution in [0.15, 0.2) is 53.6 Å². The summed E-state index contributed by atoms with van der Waals surface area (Å²) < 4.78 is 6.96. The monoisotopic (exact) mass is 496 g/mol. The molecule has 1 unspecified atom stereocenters. The van der Waals surface area contributed by atoms with E-state index in [-0.39, 0.29) is 24.3 Å². The number of hydrogen-bond acceptors (Lipinski definition) is 5. The van der Waals surface area contributed by atoms with Crippen molar-refractivity contribution in [2.24, 2.45) is 11.0 Å². The molecule has 8 nitrogen and oxygen atoms in total. The molecule has 1 heterocycles. The van der Waals surface area contributed by atoms with Crippen LogP contribution in [-0.4, -0.2) is 41.2 Å². The largest absolute Gasteiger partial charge is 0.465 e. The summed E-state index contributed by atoms with van der Waals surface area (Å²) in [6.45, 7) is 7.70. The Morgan fingerprint density at radius 1 is 1.11 bits per heavy atom. The number of esters is 1. The first-order valence-electron chi connectivity index (χ1n) is 11.4. The molecule has 0 fully saturated rings. The van der Waals surface area contributed by atoms with Crippen molar-refractivity contribution in [3.05, 3.63) is 70.4 Å². The molecule has 0 spiro atoms. The van der Waals surface area contributed by atoms with Crippen molar-refractivity contribution < 1.29 is 19.1 Å². The average molecular weight is 497 g/mol. The van der Waals surface area contributed by atoms with Crippen LogP contribution in [0.5, 0.6) is 0 Å². The fourth-order valence-corrected chi connectivity index (χ4v) is 3.88. The predicted octanol–water partition coefficient (Wildman–Crippen LogP) is 4.07. The molecule has 1 aromatic heterocycles. The molecule has 0 aliphatic rings. The van der Waals surface area contributed by atoms with E-state index < -0.39 is 11.9 Å². The fourth-order valence-electron chi connectivity index (χ4n) is 3.75. The van der Waals surface area contributed by atoms with Crippen LogP contribution in [0.2, 0.25) is 5.02 Å². The summed E-state index contributed by atoms with van der Waals surface area (Å²) in [5.41, 5.74) is 5.39. The van der Waals surface area contributed by atoms with Crippen molar-refractivity contribution in [3.63, 3.8) is 0 Å². The topological polar surface area (TPSA) is 102 Å². The highest BCUT2D eigenvalue weighted by Gasteiger charge is 2.24. The maximum absolute atomic E-state index is 12.8. The third-order valence-corrected chi connectivity index (χ3v) is 5.83. The zero-order valence-electron chi connectivity index (χ0n) is 20.2. The van der Waals surface area contributed by atoms with Gasteiger partial charge in [-0.25, -0.2) is 5.43 Å². The van der Waals surface area contributed by atoms with Crippen LogP contribution in [0.25, 0.3) is 10.9 Å². The Morgan fingerprint density at radius 3 is 2.46 bits per heavy atom. The number of ether oxygens (including phenoxy) is 1. The summed E-state index contributed by atoms with van der Waals surface area (Å²) in [5.74, 6) is -1.32. The lowest BCUT2D eigenvalue weighted by molar-refractivity contribution is -0.143. The number of aromatic nitrogens is 1. The quantitative estimate of drug-likeness (QED) is 0.265. The molecular weight excluding hydrogens is 468 g/mol. The Labute approximate surface area is 209 Å². The highest BCUT2D eigenvalue weighted by atomic mass is 35.5. The number of hydrazone groups is 1. The minimum absolute atomic E-state index is 0.0759. The van der Waals surface area contributed by atoms with E-state index in [0.29, 0.717) is 17.2 Å². The van der Waals surface area contributed by atoms with E-state index in [9.17, 15) is 14.4 Å². The second kappa shape index (κ2) is 11.7. The first kappa shape index (κ1) is 26.0. The van der Waals surface area contributed by atoms with Gasteiger partial charge in [-0.2, -0.15) is 5.10 Å². The molecule has 2 amide bonds. The first-order valence-corrected chi connectivity index (χ1v) is 11.7. The second-order valence-electron chi connectivity index (χ2n) is 8.34. The summed E-state index contributed by atoms with van der Waals surface area (Å²) in [4.78, 5) is 37.5. The molecule has 9 heteroatoms. The number of carbonyl (C=O) groups is 3. The molecule has 2 N–H and O–H groups in total. The van der Waals surface area contributed by atoms with Crippen molar-refractivity contribution in [1.29, 1.82) is 0 Å². The van der Waals surface area contributed by atoms with Gasteiger partial charge in [-0.3, -0.25) is 14.4 Å². The van der Waals surface area contributed by atoms with Gasteiger partial charge in [0.05, 0.1) is 12.8 Å². The van der Waals surface area contributed by atoms with Gasteiger partial charge >= 0.3 is 5.97 Å². The number of nitrogens with one attached hydrogen (secondary N) is 2. The highest BCUT2D eigenvalue weighted by Crippen LogP contribution is 2.24. The summed E-state index contributed by atoms with van der Waals surface area (Å²) in [7, 11) is 0. The van der Waals surface area contributed by atoms with Crippen molar-refractivity contribution in [1.82, 2.24) is 15.3 Å². The van der Waals surface area contributed by atoms with E-state index in [1.807, 2.05) is 49.6 Å². The van der Waals surface area contributed by atoms with Gasteiger partial charge in [0.15, 0.2) is 0 Å². The Morgan fingerprint density at radius 2 is 1.80 bits per heavy atom. The molecule has 184 valence electrons. The number of hydrogen-bond donors (Lipinski definition) is 2. The maximum Gasteiger partial charge on any atom is 0.325 e. The molecule has 3 rings (SSSR count). The second-order valence-corrected chi connectivity index (χ2v) is 8.78. The Kier molecular flexibility index (Phi) is 8.65. The van der Waals surface area contributed by atoms with Crippen LogP contribution in [0.1, 0.15) is 42.4 Å². The van der Waals surface area contributed by atoms with Crippen LogP contribution in [0, 0.1) is 12.8 Å². The lowest BCUT2D eigenvalue weighted by Gasteiger charge is -2.20. The Bertz CT molecular complexity index is 1250. The molecule has 0 saturated carbocycles. The highest BCUT2D eigenvalue weighted by molar-refractivity contribution is 6.30. The number of carbonyl (C=O) groups excluding carboxylic acids is 3. The van der Waals surface area contributed by atoms with Gasteiger partial charge in [0, 0.05) is 32.7 Å². The van der Waals surface area contributed by atoms with Gasteiger partial charge in [0.25, 0.3) is 11.8 Å². The molecule has 0 bridgehead atoms. The van der Waals surface area contributed by atoms with E-state index in [2.05, 4.69) is 15.8 Å². The number of amides is 2. The zero-order valence-corrected chi connectivity index (χ0v) is 20.9. The van der Waals surface area contributed by atoms with Crippen molar-refractivity contribution in [2.75, 3.05) is 6.61 Å². The molecule has 0 aliphatic heterocycles. The summed E-state index contributed by atoms with van der Waals surface area (Å²) in [5, 5.41) is 8.32. The van der Waals surface area contributed by atoms with E-state index in [1.165, 1.54) is 0 Å². The van der Waals surface area contributed by atoms with Gasteiger partial charge in [-0.05, 0) is 50.1 Å². The standard InChI is InChI=1S/C26H29ClN4O4/c1-5-35-23(32)15-31-17(4)21(20-8-6-7-9-22(20)31)14-28-30-26(34)24(16(2)3)29-25(33)18-10-12-19(27)13-11-18/h6-14,16,24H,5,15H2,1-4H3,(H,29,33)(H,30,34)/b28-14-. The summed E-state index contributed by atoms with van der Waals surface area (Å²) in [6.07, 6.45) is 1.55.